The SMILES string of the molecule is Cc1cc(O)c2c(c1)[C@@H]([C@H]1O[C@@H](CO)[C@H](O)[C@@H](O)[C@@H]1O)c1cccc(O[C@H]3O[C@H](CO)[C@@H](O)[C@H](O)[C@H]3O)c1C2=O. The monoisotopic (exact) mass is 564 g/mol. The highest BCUT2D eigenvalue weighted by Crippen LogP contribution is 2.48. The number of rotatable bonds is 5. The summed E-state index contributed by atoms with van der Waals surface area (Å²) in [5, 5.41) is 92.7. The van der Waals surface area contributed by atoms with Crippen molar-refractivity contribution in [3.05, 3.63) is 58.1 Å². The summed E-state index contributed by atoms with van der Waals surface area (Å²) in [6.07, 6.45) is -15.5. The van der Waals surface area contributed by atoms with Crippen LogP contribution in [0.4, 0.5) is 0 Å². The molecule has 2 aromatic rings. The molecule has 0 radical (unpaired) electrons. The van der Waals surface area contributed by atoms with Crippen LogP contribution < -0.4 is 4.74 Å². The molecule has 2 heterocycles. The Morgan fingerprint density at radius 1 is 0.775 bits per heavy atom. The van der Waals surface area contributed by atoms with E-state index in [1.54, 1.807) is 19.1 Å². The number of benzene rings is 2. The highest BCUT2D eigenvalue weighted by molar-refractivity contribution is 6.16. The molecule has 13 nitrogen and oxygen atoms in total. The third kappa shape index (κ3) is 4.58. The first-order valence-corrected chi connectivity index (χ1v) is 12.8. The van der Waals surface area contributed by atoms with Gasteiger partial charge in [-0.3, -0.25) is 4.79 Å². The van der Waals surface area contributed by atoms with Gasteiger partial charge in [-0.1, -0.05) is 18.2 Å². The number of fused-ring (bicyclic) bond motifs is 2. The van der Waals surface area contributed by atoms with Gasteiger partial charge in [0.15, 0.2) is 0 Å². The molecule has 2 aromatic carbocycles. The Morgan fingerprint density at radius 3 is 2.05 bits per heavy atom. The molecule has 13 heteroatoms. The maximum Gasteiger partial charge on any atom is 0.229 e. The number of aliphatic hydroxyl groups is 8. The molecule has 218 valence electrons. The molecule has 9 N–H and O–H groups in total. The largest absolute Gasteiger partial charge is 0.507 e. The minimum absolute atomic E-state index is 0.104. The minimum Gasteiger partial charge on any atom is -0.507 e. The predicted octanol–water partition coefficient (Wildman–Crippen LogP) is -2.60. The summed E-state index contributed by atoms with van der Waals surface area (Å²) in [5.74, 6) is -2.21. The summed E-state index contributed by atoms with van der Waals surface area (Å²) in [4.78, 5) is 13.9. The molecular weight excluding hydrogens is 532 g/mol. The van der Waals surface area contributed by atoms with E-state index in [9.17, 15) is 50.8 Å². The lowest BCUT2D eigenvalue weighted by Gasteiger charge is -2.45. The molecule has 0 saturated carbocycles. The standard InChI is InChI=1S/C27H32O13/c1-9-5-11-16(26-24(36)22(34)19(31)14(7-28)38-26)10-3-2-4-13(18(10)21(33)17(11)12(30)6-9)39-27-25(37)23(35)20(32)15(8-29)40-27/h2-6,14-16,19-20,22-32,34-37H,7-8H2,1H3/t14-,15+,16-,19-,20+,22+,23-,24-,25+,26+,27-/m0/s1. The van der Waals surface area contributed by atoms with Crippen molar-refractivity contribution in [1.29, 1.82) is 0 Å². The average Bonchev–Trinajstić information content (AvgIpc) is 2.92. The molecule has 0 bridgehead atoms. The van der Waals surface area contributed by atoms with Crippen LogP contribution in [0.2, 0.25) is 0 Å². The van der Waals surface area contributed by atoms with Gasteiger partial charge in [0, 0.05) is 5.92 Å². The summed E-state index contributed by atoms with van der Waals surface area (Å²) in [6.45, 7) is 0.311. The van der Waals surface area contributed by atoms with E-state index >= 15 is 0 Å². The van der Waals surface area contributed by atoms with Crippen LogP contribution in [0.5, 0.6) is 11.5 Å². The van der Waals surface area contributed by atoms with Gasteiger partial charge >= 0.3 is 0 Å². The van der Waals surface area contributed by atoms with Gasteiger partial charge in [0.25, 0.3) is 0 Å². The molecule has 1 aliphatic carbocycles. The number of aromatic hydroxyl groups is 1. The molecule has 0 aromatic heterocycles. The highest BCUT2D eigenvalue weighted by atomic mass is 16.7. The van der Waals surface area contributed by atoms with E-state index < -0.39 is 86.1 Å². The van der Waals surface area contributed by atoms with Crippen molar-refractivity contribution >= 4 is 5.78 Å². The first kappa shape index (κ1) is 28.8. The Hall–Kier alpha value is -2.69. The summed E-state index contributed by atoms with van der Waals surface area (Å²) in [5.41, 5.74) is 0.854. The van der Waals surface area contributed by atoms with Crippen LogP contribution in [0.15, 0.2) is 30.3 Å². The number of hydrogen-bond donors (Lipinski definition) is 9. The number of hydrogen-bond acceptors (Lipinski definition) is 13. The Balaban J connectivity index is 1.63. The van der Waals surface area contributed by atoms with E-state index in [0.29, 0.717) is 5.56 Å². The van der Waals surface area contributed by atoms with Crippen molar-refractivity contribution in [2.45, 2.75) is 74.1 Å². The van der Waals surface area contributed by atoms with Crippen LogP contribution in [0.3, 0.4) is 0 Å². The van der Waals surface area contributed by atoms with Crippen molar-refractivity contribution in [3.63, 3.8) is 0 Å². The Kier molecular flexibility index (Phi) is 7.89. The molecule has 2 saturated heterocycles. The minimum atomic E-state index is -1.77. The lowest BCUT2D eigenvalue weighted by molar-refractivity contribution is -0.277. The van der Waals surface area contributed by atoms with Crippen molar-refractivity contribution in [3.8, 4) is 11.5 Å². The van der Waals surface area contributed by atoms with E-state index in [-0.39, 0.29) is 33.8 Å². The first-order chi connectivity index (χ1) is 19.0. The van der Waals surface area contributed by atoms with Crippen LogP contribution in [0.1, 0.15) is 38.5 Å². The molecule has 5 rings (SSSR count). The molecular formula is C27H32O13. The second kappa shape index (κ2) is 10.9. The fourth-order valence-electron chi connectivity index (χ4n) is 5.78. The summed E-state index contributed by atoms with van der Waals surface area (Å²) in [6, 6.07) is 7.41. The summed E-state index contributed by atoms with van der Waals surface area (Å²) in [7, 11) is 0. The number of carbonyl (C=O) groups is 1. The second-order valence-electron chi connectivity index (χ2n) is 10.4. The van der Waals surface area contributed by atoms with Gasteiger partial charge < -0.3 is 60.2 Å². The number of ether oxygens (including phenoxy) is 3. The third-order valence-electron chi connectivity index (χ3n) is 7.82. The van der Waals surface area contributed by atoms with Gasteiger partial charge in [-0.2, -0.15) is 0 Å². The summed E-state index contributed by atoms with van der Waals surface area (Å²) >= 11 is 0. The van der Waals surface area contributed by atoms with E-state index in [1.165, 1.54) is 18.2 Å². The van der Waals surface area contributed by atoms with Gasteiger partial charge in [0.2, 0.25) is 12.1 Å². The molecule has 3 aliphatic rings. The van der Waals surface area contributed by atoms with Crippen LogP contribution in [-0.2, 0) is 9.47 Å². The zero-order chi connectivity index (χ0) is 29.0. The maximum absolute atomic E-state index is 13.9. The predicted molar refractivity (Wildman–Crippen MR) is 133 cm³/mol. The smallest absolute Gasteiger partial charge is 0.229 e. The van der Waals surface area contributed by atoms with Crippen molar-refractivity contribution < 1.29 is 65.0 Å². The fraction of sp³-hybridized carbons (Fsp3) is 0.519. The topological polar surface area (TPSA) is 227 Å². The van der Waals surface area contributed by atoms with Crippen molar-refractivity contribution in [1.82, 2.24) is 0 Å². The fourth-order valence-corrected chi connectivity index (χ4v) is 5.78. The number of phenolic OH excluding ortho intramolecular Hbond substituents is 1. The zero-order valence-corrected chi connectivity index (χ0v) is 21.3. The number of ketones is 1. The highest BCUT2D eigenvalue weighted by Gasteiger charge is 2.51. The van der Waals surface area contributed by atoms with Gasteiger partial charge in [0.05, 0.1) is 30.4 Å². The van der Waals surface area contributed by atoms with E-state index in [0.717, 1.165) is 0 Å². The molecule has 2 fully saturated rings. The average molecular weight is 565 g/mol. The van der Waals surface area contributed by atoms with Gasteiger partial charge in [0.1, 0.15) is 60.3 Å². The molecule has 0 amide bonds. The van der Waals surface area contributed by atoms with Gasteiger partial charge in [-0.25, -0.2) is 0 Å². The van der Waals surface area contributed by atoms with Crippen molar-refractivity contribution in [2.75, 3.05) is 13.2 Å². The molecule has 2 aliphatic heterocycles. The Morgan fingerprint density at radius 2 is 1.40 bits per heavy atom. The maximum atomic E-state index is 13.9. The quantitative estimate of drug-likeness (QED) is 0.182. The number of aryl methyl sites for hydroxylation is 1. The van der Waals surface area contributed by atoms with Gasteiger partial charge in [-0.15, -0.1) is 0 Å². The number of phenols is 1. The van der Waals surface area contributed by atoms with Gasteiger partial charge in [-0.05, 0) is 35.7 Å². The Labute approximate surface area is 228 Å². The zero-order valence-electron chi connectivity index (χ0n) is 21.3. The first-order valence-electron chi connectivity index (χ1n) is 12.8. The van der Waals surface area contributed by atoms with E-state index in [2.05, 4.69) is 0 Å². The second-order valence-corrected chi connectivity index (χ2v) is 10.4. The third-order valence-corrected chi connectivity index (χ3v) is 7.82. The lowest BCUT2D eigenvalue weighted by Crippen LogP contribution is -2.60. The van der Waals surface area contributed by atoms with Crippen LogP contribution >= 0.6 is 0 Å². The number of carbonyl (C=O) groups excluding carboxylic acids is 1. The summed E-state index contributed by atoms with van der Waals surface area (Å²) < 4.78 is 17.1. The van der Waals surface area contributed by atoms with E-state index in [1.807, 2.05) is 0 Å². The molecule has 0 unspecified atom stereocenters. The Bertz CT molecular complexity index is 1260. The van der Waals surface area contributed by atoms with Crippen LogP contribution in [0, 0.1) is 6.92 Å². The van der Waals surface area contributed by atoms with Crippen LogP contribution in [-0.4, -0.2) is 126 Å². The normalized spacial score (nSPS) is 37.5. The molecule has 40 heavy (non-hydrogen) atoms. The van der Waals surface area contributed by atoms with Crippen molar-refractivity contribution in [2.24, 2.45) is 0 Å². The lowest BCUT2D eigenvalue weighted by atomic mass is 9.71. The molecule has 11 atom stereocenters. The number of aliphatic hydroxyl groups excluding tert-OH is 8. The van der Waals surface area contributed by atoms with E-state index in [4.69, 9.17) is 14.2 Å². The molecule has 0 spiro atoms. The van der Waals surface area contributed by atoms with Crippen LogP contribution in [0.25, 0.3) is 0 Å².